The minimum atomic E-state index is -0.138. The zero-order valence-electron chi connectivity index (χ0n) is 14.4. The Balaban J connectivity index is 1.74. The Morgan fingerprint density at radius 2 is 1.72 bits per heavy atom. The summed E-state index contributed by atoms with van der Waals surface area (Å²) in [6.07, 6.45) is 3.43. The van der Waals surface area contributed by atoms with Gasteiger partial charge >= 0.3 is 0 Å². The third-order valence-electron chi connectivity index (χ3n) is 4.20. The molecule has 0 bridgehead atoms. The van der Waals surface area contributed by atoms with Crippen LogP contribution in [0.2, 0.25) is 0 Å². The first kappa shape index (κ1) is 16.8. The molecule has 3 rings (SSSR count). The van der Waals surface area contributed by atoms with E-state index in [-0.39, 0.29) is 11.9 Å². The predicted molar refractivity (Wildman–Crippen MR) is 103 cm³/mol. The quantitative estimate of drug-likeness (QED) is 0.686. The summed E-state index contributed by atoms with van der Waals surface area (Å²) in [4.78, 5) is 12.3. The molecule has 0 saturated heterocycles. The average Bonchev–Trinajstić information content (AvgIpc) is 2.66. The van der Waals surface area contributed by atoms with E-state index in [9.17, 15) is 4.79 Å². The van der Waals surface area contributed by atoms with Gasteiger partial charge in [0.1, 0.15) is 5.75 Å². The molecule has 0 radical (unpaired) electrons. The topological polar surface area (TPSA) is 38.3 Å². The van der Waals surface area contributed by atoms with Gasteiger partial charge < -0.3 is 10.1 Å². The molecular formula is C22H21NO2. The average molecular weight is 331 g/mol. The van der Waals surface area contributed by atoms with Crippen molar-refractivity contribution in [3.8, 4) is 5.75 Å². The summed E-state index contributed by atoms with van der Waals surface area (Å²) in [6, 6.07) is 21.8. The van der Waals surface area contributed by atoms with Crippen molar-refractivity contribution in [2.24, 2.45) is 0 Å². The molecule has 25 heavy (non-hydrogen) atoms. The van der Waals surface area contributed by atoms with E-state index in [0.29, 0.717) is 0 Å². The van der Waals surface area contributed by atoms with Gasteiger partial charge in [-0.2, -0.15) is 0 Å². The Labute approximate surface area is 147 Å². The fourth-order valence-corrected chi connectivity index (χ4v) is 2.92. The van der Waals surface area contributed by atoms with Crippen molar-refractivity contribution in [2.75, 3.05) is 7.11 Å². The number of hydrogen-bond donors (Lipinski definition) is 1. The van der Waals surface area contributed by atoms with Gasteiger partial charge in [-0.05, 0) is 35.4 Å². The standard InChI is InChI=1S/C22H21NO2/c1-16(19-11-5-6-13-21(19)25-2)23-22(24)15-14-18-10-7-9-17-8-3-4-12-20(17)18/h3-16H,1-2H3,(H,23,24)/b15-14+. The molecule has 0 heterocycles. The largest absolute Gasteiger partial charge is 0.496 e. The fourth-order valence-electron chi connectivity index (χ4n) is 2.92. The molecule has 0 aliphatic rings. The Morgan fingerprint density at radius 3 is 2.56 bits per heavy atom. The molecule has 3 aromatic carbocycles. The molecule has 126 valence electrons. The first-order valence-corrected chi connectivity index (χ1v) is 8.28. The molecule has 1 unspecified atom stereocenters. The summed E-state index contributed by atoms with van der Waals surface area (Å²) >= 11 is 0. The Kier molecular flexibility index (Phi) is 5.14. The van der Waals surface area contributed by atoms with Gasteiger partial charge in [-0.15, -0.1) is 0 Å². The summed E-state index contributed by atoms with van der Waals surface area (Å²) < 4.78 is 5.36. The zero-order valence-corrected chi connectivity index (χ0v) is 14.4. The molecule has 0 aromatic heterocycles. The number of ether oxygens (including phenoxy) is 1. The van der Waals surface area contributed by atoms with Crippen LogP contribution in [-0.4, -0.2) is 13.0 Å². The Hall–Kier alpha value is -3.07. The molecule has 0 aliphatic heterocycles. The van der Waals surface area contributed by atoms with Gasteiger partial charge in [0.05, 0.1) is 13.2 Å². The third kappa shape index (κ3) is 3.89. The highest BCUT2D eigenvalue weighted by Crippen LogP contribution is 2.24. The Bertz CT molecular complexity index is 909. The van der Waals surface area contributed by atoms with E-state index < -0.39 is 0 Å². The maximum Gasteiger partial charge on any atom is 0.244 e. The third-order valence-corrected chi connectivity index (χ3v) is 4.20. The Morgan fingerprint density at radius 1 is 1.00 bits per heavy atom. The van der Waals surface area contributed by atoms with Crippen LogP contribution in [0.25, 0.3) is 16.8 Å². The molecule has 3 nitrogen and oxygen atoms in total. The number of benzene rings is 3. The number of para-hydroxylation sites is 1. The normalized spacial score (nSPS) is 12.2. The maximum absolute atomic E-state index is 12.3. The second kappa shape index (κ2) is 7.67. The second-order valence-corrected chi connectivity index (χ2v) is 5.87. The molecular weight excluding hydrogens is 310 g/mol. The van der Waals surface area contributed by atoms with Crippen LogP contribution in [0.3, 0.4) is 0 Å². The van der Waals surface area contributed by atoms with Crippen molar-refractivity contribution in [2.45, 2.75) is 13.0 Å². The van der Waals surface area contributed by atoms with Crippen molar-refractivity contribution in [1.82, 2.24) is 5.32 Å². The van der Waals surface area contributed by atoms with Gasteiger partial charge in [-0.3, -0.25) is 4.79 Å². The smallest absolute Gasteiger partial charge is 0.244 e. The van der Waals surface area contributed by atoms with E-state index in [2.05, 4.69) is 23.5 Å². The number of hydrogen-bond acceptors (Lipinski definition) is 2. The van der Waals surface area contributed by atoms with E-state index in [1.54, 1.807) is 13.2 Å². The van der Waals surface area contributed by atoms with E-state index in [1.165, 1.54) is 0 Å². The SMILES string of the molecule is COc1ccccc1C(C)NC(=O)/C=C/c1cccc2ccccc12. The van der Waals surface area contributed by atoms with Gasteiger partial charge in [0, 0.05) is 11.6 Å². The van der Waals surface area contributed by atoms with Crippen molar-refractivity contribution < 1.29 is 9.53 Å². The number of amides is 1. The predicted octanol–water partition coefficient (Wildman–Crippen LogP) is 4.74. The fraction of sp³-hybridized carbons (Fsp3) is 0.136. The van der Waals surface area contributed by atoms with Crippen LogP contribution in [0.1, 0.15) is 24.1 Å². The first-order chi connectivity index (χ1) is 12.2. The molecule has 0 spiro atoms. The molecule has 1 amide bonds. The van der Waals surface area contributed by atoms with Crippen molar-refractivity contribution in [3.05, 3.63) is 83.9 Å². The van der Waals surface area contributed by atoms with Crippen molar-refractivity contribution in [1.29, 1.82) is 0 Å². The lowest BCUT2D eigenvalue weighted by Gasteiger charge is -2.16. The van der Waals surface area contributed by atoms with Crippen LogP contribution in [0.15, 0.2) is 72.8 Å². The zero-order chi connectivity index (χ0) is 17.6. The van der Waals surface area contributed by atoms with Crippen LogP contribution >= 0.6 is 0 Å². The van der Waals surface area contributed by atoms with Gasteiger partial charge in [0.2, 0.25) is 5.91 Å². The number of methoxy groups -OCH3 is 1. The number of carbonyl (C=O) groups excluding carboxylic acids is 1. The summed E-state index contributed by atoms with van der Waals surface area (Å²) in [5.74, 6) is 0.639. The summed E-state index contributed by atoms with van der Waals surface area (Å²) in [6.45, 7) is 1.95. The summed E-state index contributed by atoms with van der Waals surface area (Å²) in [7, 11) is 1.63. The molecule has 3 heteroatoms. The number of carbonyl (C=O) groups is 1. The van der Waals surface area contributed by atoms with Gasteiger partial charge in [-0.25, -0.2) is 0 Å². The van der Waals surface area contributed by atoms with E-state index in [4.69, 9.17) is 4.74 Å². The van der Waals surface area contributed by atoms with Crippen molar-refractivity contribution in [3.63, 3.8) is 0 Å². The first-order valence-electron chi connectivity index (χ1n) is 8.28. The number of rotatable bonds is 5. The maximum atomic E-state index is 12.3. The monoisotopic (exact) mass is 331 g/mol. The number of nitrogens with one attached hydrogen (secondary N) is 1. The molecule has 0 saturated carbocycles. The van der Waals surface area contributed by atoms with Gasteiger partial charge in [0.25, 0.3) is 0 Å². The highest BCUT2D eigenvalue weighted by molar-refractivity contribution is 5.96. The molecule has 1 atom stereocenters. The lowest BCUT2D eigenvalue weighted by atomic mass is 10.0. The van der Waals surface area contributed by atoms with Crippen LogP contribution in [0, 0.1) is 0 Å². The highest BCUT2D eigenvalue weighted by Gasteiger charge is 2.12. The second-order valence-electron chi connectivity index (χ2n) is 5.87. The highest BCUT2D eigenvalue weighted by atomic mass is 16.5. The number of fused-ring (bicyclic) bond motifs is 1. The summed E-state index contributed by atoms with van der Waals surface area (Å²) in [5.41, 5.74) is 1.98. The molecule has 1 N–H and O–H groups in total. The van der Waals surface area contributed by atoms with Crippen LogP contribution in [0.5, 0.6) is 5.75 Å². The van der Waals surface area contributed by atoms with Crippen LogP contribution in [-0.2, 0) is 4.79 Å². The van der Waals surface area contributed by atoms with E-state index in [0.717, 1.165) is 27.6 Å². The minimum absolute atomic E-state index is 0.133. The van der Waals surface area contributed by atoms with E-state index in [1.807, 2.05) is 61.5 Å². The van der Waals surface area contributed by atoms with Crippen LogP contribution in [0.4, 0.5) is 0 Å². The van der Waals surface area contributed by atoms with Gasteiger partial charge in [0.15, 0.2) is 0 Å². The summed E-state index contributed by atoms with van der Waals surface area (Å²) in [5, 5.41) is 5.27. The molecule has 3 aromatic rings. The van der Waals surface area contributed by atoms with E-state index >= 15 is 0 Å². The minimum Gasteiger partial charge on any atom is -0.496 e. The lowest BCUT2D eigenvalue weighted by molar-refractivity contribution is -0.117. The van der Waals surface area contributed by atoms with Crippen molar-refractivity contribution >= 4 is 22.8 Å². The van der Waals surface area contributed by atoms with Crippen LogP contribution < -0.4 is 10.1 Å². The lowest BCUT2D eigenvalue weighted by Crippen LogP contribution is -2.24. The molecule has 0 aliphatic carbocycles. The molecule has 0 fully saturated rings. The van der Waals surface area contributed by atoms with Gasteiger partial charge in [-0.1, -0.05) is 60.7 Å².